The maximum atomic E-state index is 11.0. The zero-order valence-electron chi connectivity index (χ0n) is 12.0. The van der Waals surface area contributed by atoms with Crippen LogP contribution in [0.25, 0.3) is 0 Å². The minimum atomic E-state index is -0.985. The lowest BCUT2D eigenvalue weighted by atomic mass is 10.1. The van der Waals surface area contributed by atoms with Crippen molar-refractivity contribution in [1.29, 1.82) is 5.26 Å². The maximum absolute atomic E-state index is 11.0. The SMILES string of the molecule is Cc1cc(C)c(C#N)c(Oc2ccc(C(=O)O)c(C)c2)n1. The zero-order valence-corrected chi connectivity index (χ0v) is 12.0. The summed E-state index contributed by atoms with van der Waals surface area (Å²) < 4.78 is 5.65. The van der Waals surface area contributed by atoms with E-state index in [-0.39, 0.29) is 11.4 Å². The molecule has 0 aliphatic heterocycles. The molecule has 106 valence electrons. The third kappa shape index (κ3) is 3.00. The average molecular weight is 282 g/mol. The average Bonchev–Trinajstić information content (AvgIpc) is 2.37. The molecule has 0 spiro atoms. The number of aromatic nitrogens is 1. The molecule has 1 heterocycles. The van der Waals surface area contributed by atoms with E-state index in [9.17, 15) is 10.1 Å². The number of carboxylic acid groups (broad SMARTS) is 1. The van der Waals surface area contributed by atoms with Crippen LogP contribution in [0.4, 0.5) is 0 Å². The molecule has 0 fully saturated rings. The molecule has 0 amide bonds. The van der Waals surface area contributed by atoms with Crippen molar-refractivity contribution >= 4 is 5.97 Å². The van der Waals surface area contributed by atoms with Crippen LogP contribution in [0.1, 0.15) is 32.7 Å². The Morgan fingerprint density at radius 3 is 2.52 bits per heavy atom. The highest BCUT2D eigenvalue weighted by molar-refractivity contribution is 5.89. The van der Waals surface area contributed by atoms with E-state index in [4.69, 9.17) is 9.84 Å². The second-order valence-electron chi connectivity index (χ2n) is 4.76. The molecule has 5 nitrogen and oxygen atoms in total. The minimum Gasteiger partial charge on any atom is -0.478 e. The van der Waals surface area contributed by atoms with E-state index in [1.165, 1.54) is 6.07 Å². The summed E-state index contributed by atoms with van der Waals surface area (Å²) in [6.45, 7) is 5.33. The largest absolute Gasteiger partial charge is 0.478 e. The molecule has 0 aliphatic rings. The number of rotatable bonds is 3. The number of carboxylic acids is 1. The van der Waals surface area contributed by atoms with E-state index < -0.39 is 5.97 Å². The first-order valence-corrected chi connectivity index (χ1v) is 6.32. The van der Waals surface area contributed by atoms with Gasteiger partial charge in [0.2, 0.25) is 5.88 Å². The molecule has 2 rings (SSSR count). The molecule has 0 atom stereocenters. The molecule has 1 aromatic carbocycles. The Labute approximate surface area is 122 Å². The molecule has 21 heavy (non-hydrogen) atoms. The number of aromatic carboxylic acids is 1. The van der Waals surface area contributed by atoms with Crippen LogP contribution in [0.15, 0.2) is 24.3 Å². The Kier molecular flexibility index (Phi) is 3.90. The standard InChI is InChI=1S/C16H14N2O3/c1-9-6-11(3)18-15(14(9)8-17)21-12-4-5-13(16(19)20)10(2)7-12/h4-7H,1-3H3,(H,19,20). The molecular weight excluding hydrogens is 268 g/mol. The second-order valence-corrected chi connectivity index (χ2v) is 4.76. The van der Waals surface area contributed by atoms with Gasteiger partial charge in [-0.05, 0) is 56.2 Å². The molecule has 0 unspecified atom stereocenters. The summed E-state index contributed by atoms with van der Waals surface area (Å²) in [7, 11) is 0. The van der Waals surface area contributed by atoms with Crippen LogP contribution in [0.3, 0.4) is 0 Å². The molecule has 0 radical (unpaired) electrons. The molecule has 0 saturated carbocycles. The Hall–Kier alpha value is -2.87. The summed E-state index contributed by atoms with van der Waals surface area (Å²) in [6.07, 6.45) is 0. The smallest absolute Gasteiger partial charge is 0.335 e. The van der Waals surface area contributed by atoms with E-state index in [2.05, 4.69) is 11.1 Å². The number of hydrogen-bond acceptors (Lipinski definition) is 4. The molecule has 1 N–H and O–H groups in total. The van der Waals surface area contributed by atoms with E-state index >= 15 is 0 Å². The fourth-order valence-corrected chi connectivity index (χ4v) is 2.06. The van der Waals surface area contributed by atoms with Crippen molar-refractivity contribution in [2.75, 3.05) is 0 Å². The van der Waals surface area contributed by atoms with Gasteiger partial charge in [0.25, 0.3) is 0 Å². The van der Waals surface area contributed by atoms with Crippen LogP contribution in [0.2, 0.25) is 0 Å². The summed E-state index contributed by atoms with van der Waals surface area (Å²) >= 11 is 0. The van der Waals surface area contributed by atoms with Gasteiger partial charge in [-0.25, -0.2) is 9.78 Å². The Bertz CT molecular complexity index is 761. The fourth-order valence-electron chi connectivity index (χ4n) is 2.06. The maximum Gasteiger partial charge on any atom is 0.335 e. The summed E-state index contributed by atoms with van der Waals surface area (Å²) in [6, 6.07) is 8.53. The van der Waals surface area contributed by atoms with Crippen molar-refractivity contribution in [3.05, 3.63) is 52.2 Å². The number of nitriles is 1. The van der Waals surface area contributed by atoms with Gasteiger partial charge in [-0.2, -0.15) is 5.26 Å². The van der Waals surface area contributed by atoms with Crippen LogP contribution in [0.5, 0.6) is 11.6 Å². The number of hydrogen-bond donors (Lipinski definition) is 1. The Morgan fingerprint density at radius 2 is 1.95 bits per heavy atom. The summed E-state index contributed by atoms with van der Waals surface area (Å²) in [5.74, 6) is -0.301. The Balaban J connectivity index is 2.42. The van der Waals surface area contributed by atoms with Crippen molar-refractivity contribution < 1.29 is 14.6 Å². The van der Waals surface area contributed by atoms with Gasteiger partial charge in [-0.15, -0.1) is 0 Å². The van der Waals surface area contributed by atoms with Crippen molar-refractivity contribution in [2.24, 2.45) is 0 Å². The molecule has 1 aromatic heterocycles. The molecule has 0 saturated heterocycles. The first kappa shape index (κ1) is 14.5. The Morgan fingerprint density at radius 1 is 1.24 bits per heavy atom. The van der Waals surface area contributed by atoms with Gasteiger partial charge >= 0.3 is 5.97 Å². The van der Waals surface area contributed by atoms with E-state index in [0.29, 0.717) is 16.9 Å². The molecule has 2 aromatic rings. The monoisotopic (exact) mass is 282 g/mol. The van der Waals surface area contributed by atoms with Crippen molar-refractivity contribution in [1.82, 2.24) is 4.98 Å². The summed E-state index contributed by atoms with van der Waals surface area (Å²) in [4.78, 5) is 15.2. The van der Waals surface area contributed by atoms with Crippen LogP contribution < -0.4 is 4.74 Å². The molecule has 0 aliphatic carbocycles. The summed E-state index contributed by atoms with van der Waals surface area (Å²) in [5, 5.41) is 18.2. The van der Waals surface area contributed by atoms with Gasteiger partial charge < -0.3 is 9.84 Å². The number of ether oxygens (including phenoxy) is 1. The highest BCUT2D eigenvalue weighted by atomic mass is 16.5. The van der Waals surface area contributed by atoms with E-state index in [1.54, 1.807) is 19.1 Å². The van der Waals surface area contributed by atoms with Gasteiger partial charge in [-0.3, -0.25) is 0 Å². The predicted octanol–water partition coefficient (Wildman–Crippen LogP) is 3.37. The quantitative estimate of drug-likeness (QED) is 0.933. The highest BCUT2D eigenvalue weighted by Gasteiger charge is 2.13. The lowest BCUT2D eigenvalue weighted by molar-refractivity contribution is 0.0696. The van der Waals surface area contributed by atoms with Crippen LogP contribution in [0, 0.1) is 32.1 Å². The van der Waals surface area contributed by atoms with Crippen molar-refractivity contribution in [3.8, 4) is 17.7 Å². The van der Waals surface area contributed by atoms with Gasteiger partial charge in [0, 0.05) is 5.69 Å². The van der Waals surface area contributed by atoms with Gasteiger partial charge in [0.1, 0.15) is 17.4 Å². The molecule has 5 heteroatoms. The predicted molar refractivity (Wildman–Crippen MR) is 76.6 cm³/mol. The van der Waals surface area contributed by atoms with Crippen molar-refractivity contribution in [2.45, 2.75) is 20.8 Å². The highest BCUT2D eigenvalue weighted by Crippen LogP contribution is 2.27. The van der Waals surface area contributed by atoms with Crippen LogP contribution >= 0.6 is 0 Å². The van der Waals surface area contributed by atoms with Gasteiger partial charge in [0.15, 0.2) is 0 Å². The topological polar surface area (TPSA) is 83.2 Å². The number of pyridine rings is 1. The number of carbonyl (C=O) groups is 1. The normalized spacial score (nSPS) is 10.0. The third-order valence-electron chi connectivity index (χ3n) is 3.07. The van der Waals surface area contributed by atoms with Gasteiger partial charge in [0.05, 0.1) is 5.56 Å². The fraction of sp³-hybridized carbons (Fsp3) is 0.188. The van der Waals surface area contributed by atoms with Crippen molar-refractivity contribution in [3.63, 3.8) is 0 Å². The summed E-state index contributed by atoms with van der Waals surface area (Å²) in [5.41, 5.74) is 2.72. The number of nitrogens with zero attached hydrogens (tertiary/aromatic N) is 2. The first-order valence-electron chi connectivity index (χ1n) is 6.32. The second kappa shape index (κ2) is 5.63. The number of benzene rings is 1. The van der Waals surface area contributed by atoms with E-state index in [1.807, 2.05) is 19.9 Å². The lowest BCUT2D eigenvalue weighted by Gasteiger charge is -2.10. The molecular formula is C16H14N2O3. The zero-order chi connectivity index (χ0) is 15.6. The third-order valence-corrected chi connectivity index (χ3v) is 3.07. The number of aryl methyl sites for hydroxylation is 3. The van der Waals surface area contributed by atoms with Gasteiger partial charge in [-0.1, -0.05) is 0 Å². The van der Waals surface area contributed by atoms with E-state index in [0.717, 1.165) is 11.3 Å². The van der Waals surface area contributed by atoms with Crippen LogP contribution in [-0.4, -0.2) is 16.1 Å². The lowest BCUT2D eigenvalue weighted by Crippen LogP contribution is -2.01. The molecule has 0 bridgehead atoms. The first-order chi connectivity index (χ1) is 9.92. The van der Waals surface area contributed by atoms with Crippen LogP contribution in [-0.2, 0) is 0 Å². The minimum absolute atomic E-state index is 0.219.